The Morgan fingerprint density at radius 3 is 3.14 bits per heavy atom. The summed E-state index contributed by atoms with van der Waals surface area (Å²) in [6.45, 7) is 0.618. The molecule has 1 heterocycles. The molecule has 14 heavy (non-hydrogen) atoms. The molecule has 0 spiro atoms. The van der Waals surface area contributed by atoms with Gasteiger partial charge in [0.1, 0.15) is 17.9 Å². The van der Waals surface area contributed by atoms with Crippen LogP contribution < -0.4 is 4.74 Å². The highest BCUT2D eigenvalue weighted by Gasteiger charge is 2.18. The summed E-state index contributed by atoms with van der Waals surface area (Å²) in [4.78, 5) is 10.2. The van der Waals surface area contributed by atoms with Crippen molar-refractivity contribution in [2.45, 2.75) is 19.3 Å². The normalized spacial score (nSPS) is 13.5. The lowest BCUT2D eigenvalue weighted by Gasteiger charge is -2.07. The number of fused-ring (bicyclic) bond motifs is 1. The van der Waals surface area contributed by atoms with Gasteiger partial charge in [0.2, 0.25) is 0 Å². The molecule has 1 aliphatic rings. The van der Waals surface area contributed by atoms with Gasteiger partial charge in [-0.1, -0.05) is 6.07 Å². The Labute approximate surface area is 81.7 Å². The smallest absolute Gasteiger partial charge is 0.130 e. The van der Waals surface area contributed by atoms with Gasteiger partial charge in [-0.25, -0.2) is 4.39 Å². The predicted octanol–water partition coefficient (Wildman–Crippen LogP) is 1.89. The Hall–Kier alpha value is -1.38. The number of hydrogen-bond donors (Lipinski definition) is 0. The van der Waals surface area contributed by atoms with Crippen molar-refractivity contribution in [3.8, 4) is 5.75 Å². The van der Waals surface area contributed by atoms with Crippen LogP contribution in [0.25, 0.3) is 0 Å². The van der Waals surface area contributed by atoms with Gasteiger partial charge in [-0.3, -0.25) is 0 Å². The van der Waals surface area contributed by atoms with Crippen LogP contribution >= 0.6 is 0 Å². The van der Waals surface area contributed by atoms with Crippen LogP contribution in [0.15, 0.2) is 12.1 Å². The van der Waals surface area contributed by atoms with E-state index in [0.29, 0.717) is 30.8 Å². The first-order chi connectivity index (χ1) is 6.83. The fraction of sp³-hybridized carbons (Fsp3) is 0.364. The molecular weight excluding hydrogens is 183 g/mol. The number of carbonyl (C=O) groups excluding carboxylic acids is 1. The Morgan fingerprint density at radius 2 is 2.36 bits per heavy atom. The molecule has 1 aliphatic heterocycles. The van der Waals surface area contributed by atoms with Crippen molar-refractivity contribution in [3.63, 3.8) is 0 Å². The standard InChI is InChI=1S/C11H11FO2/c12-10-4-3-8-5-7-14-11(8)9(10)2-1-6-13/h3-4,6H,1-2,5,7H2. The number of carbonyl (C=O) groups is 1. The second-order valence-electron chi connectivity index (χ2n) is 3.32. The number of ether oxygens (including phenoxy) is 1. The second kappa shape index (κ2) is 3.78. The summed E-state index contributed by atoms with van der Waals surface area (Å²) in [7, 11) is 0. The fourth-order valence-corrected chi connectivity index (χ4v) is 1.73. The van der Waals surface area contributed by atoms with Gasteiger partial charge in [0, 0.05) is 18.4 Å². The van der Waals surface area contributed by atoms with Crippen molar-refractivity contribution in [2.75, 3.05) is 6.61 Å². The average molecular weight is 194 g/mol. The molecular formula is C11H11FO2. The Balaban J connectivity index is 2.36. The molecule has 0 bridgehead atoms. The van der Waals surface area contributed by atoms with Crippen LogP contribution in [0.1, 0.15) is 17.5 Å². The van der Waals surface area contributed by atoms with Gasteiger partial charge in [-0.15, -0.1) is 0 Å². The van der Waals surface area contributed by atoms with E-state index in [9.17, 15) is 9.18 Å². The molecule has 0 aliphatic carbocycles. The maximum atomic E-state index is 13.4. The van der Waals surface area contributed by atoms with Crippen molar-refractivity contribution >= 4 is 6.29 Å². The lowest BCUT2D eigenvalue weighted by atomic mass is 10.0. The number of aldehydes is 1. The summed E-state index contributed by atoms with van der Waals surface area (Å²) < 4.78 is 18.7. The van der Waals surface area contributed by atoms with Crippen LogP contribution in [0, 0.1) is 5.82 Å². The Morgan fingerprint density at radius 1 is 1.50 bits per heavy atom. The highest BCUT2D eigenvalue weighted by molar-refractivity contribution is 5.52. The van der Waals surface area contributed by atoms with Crippen molar-refractivity contribution in [2.24, 2.45) is 0 Å². The van der Waals surface area contributed by atoms with Gasteiger partial charge in [0.25, 0.3) is 0 Å². The maximum absolute atomic E-state index is 13.4. The van der Waals surface area contributed by atoms with E-state index in [4.69, 9.17) is 4.74 Å². The van der Waals surface area contributed by atoms with Gasteiger partial charge in [0.15, 0.2) is 0 Å². The van der Waals surface area contributed by atoms with E-state index in [1.165, 1.54) is 6.07 Å². The number of rotatable bonds is 3. The summed E-state index contributed by atoms with van der Waals surface area (Å²) in [5, 5.41) is 0. The summed E-state index contributed by atoms with van der Waals surface area (Å²) >= 11 is 0. The quantitative estimate of drug-likeness (QED) is 0.687. The van der Waals surface area contributed by atoms with Gasteiger partial charge in [0.05, 0.1) is 6.61 Å². The zero-order chi connectivity index (χ0) is 9.97. The highest BCUT2D eigenvalue weighted by Crippen LogP contribution is 2.32. The van der Waals surface area contributed by atoms with Crippen molar-refractivity contribution in [1.82, 2.24) is 0 Å². The molecule has 0 aromatic heterocycles. The van der Waals surface area contributed by atoms with Gasteiger partial charge >= 0.3 is 0 Å². The molecule has 2 nitrogen and oxygen atoms in total. The number of benzene rings is 1. The molecule has 0 saturated carbocycles. The first-order valence-corrected chi connectivity index (χ1v) is 4.69. The number of halogens is 1. The summed E-state index contributed by atoms with van der Waals surface area (Å²) in [5.74, 6) is 0.388. The SMILES string of the molecule is O=CCCc1c(F)ccc2c1OCC2. The first-order valence-electron chi connectivity index (χ1n) is 4.69. The molecule has 2 rings (SSSR count). The monoisotopic (exact) mass is 194 g/mol. The zero-order valence-electron chi connectivity index (χ0n) is 7.75. The van der Waals surface area contributed by atoms with E-state index < -0.39 is 0 Å². The summed E-state index contributed by atoms with van der Waals surface area (Å²) in [6.07, 6.45) is 2.41. The molecule has 0 amide bonds. The molecule has 1 aromatic carbocycles. The first kappa shape index (κ1) is 9.19. The number of hydrogen-bond acceptors (Lipinski definition) is 2. The van der Waals surface area contributed by atoms with Crippen LogP contribution in [-0.2, 0) is 17.6 Å². The van der Waals surface area contributed by atoms with Crippen LogP contribution in [-0.4, -0.2) is 12.9 Å². The average Bonchev–Trinajstić information content (AvgIpc) is 2.64. The van der Waals surface area contributed by atoms with Gasteiger partial charge in [-0.05, 0) is 18.1 Å². The van der Waals surface area contributed by atoms with Gasteiger partial charge < -0.3 is 9.53 Å². The molecule has 0 unspecified atom stereocenters. The largest absolute Gasteiger partial charge is 0.493 e. The van der Waals surface area contributed by atoms with Crippen LogP contribution in [0.5, 0.6) is 5.75 Å². The van der Waals surface area contributed by atoms with E-state index in [0.717, 1.165) is 18.3 Å². The summed E-state index contributed by atoms with van der Waals surface area (Å²) in [5.41, 5.74) is 1.60. The minimum Gasteiger partial charge on any atom is -0.493 e. The molecule has 1 aromatic rings. The van der Waals surface area contributed by atoms with Crippen molar-refractivity contribution in [1.29, 1.82) is 0 Å². The molecule has 0 fully saturated rings. The molecule has 0 N–H and O–H groups in total. The molecule has 74 valence electrons. The third-order valence-corrected chi connectivity index (χ3v) is 2.41. The third-order valence-electron chi connectivity index (χ3n) is 2.41. The Kier molecular flexibility index (Phi) is 2.48. The summed E-state index contributed by atoms with van der Waals surface area (Å²) in [6, 6.07) is 3.20. The molecule has 0 radical (unpaired) electrons. The second-order valence-corrected chi connectivity index (χ2v) is 3.32. The topological polar surface area (TPSA) is 26.3 Å². The zero-order valence-corrected chi connectivity index (χ0v) is 7.75. The lowest BCUT2D eigenvalue weighted by Crippen LogP contribution is -1.96. The van der Waals surface area contributed by atoms with E-state index in [1.807, 2.05) is 0 Å². The fourth-order valence-electron chi connectivity index (χ4n) is 1.73. The van der Waals surface area contributed by atoms with E-state index in [2.05, 4.69) is 0 Å². The van der Waals surface area contributed by atoms with Crippen LogP contribution in [0.4, 0.5) is 4.39 Å². The predicted molar refractivity (Wildman–Crippen MR) is 50.0 cm³/mol. The van der Waals surface area contributed by atoms with Crippen molar-refractivity contribution < 1.29 is 13.9 Å². The van der Waals surface area contributed by atoms with E-state index >= 15 is 0 Å². The van der Waals surface area contributed by atoms with E-state index in [-0.39, 0.29) is 5.82 Å². The third kappa shape index (κ3) is 1.50. The van der Waals surface area contributed by atoms with Crippen LogP contribution in [0.3, 0.4) is 0 Å². The lowest BCUT2D eigenvalue weighted by molar-refractivity contribution is -0.107. The Bertz CT molecular complexity index is 361. The van der Waals surface area contributed by atoms with E-state index in [1.54, 1.807) is 6.07 Å². The van der Waals surface area contributed by atoms with Crippen molar-refractivity contribution in [3.05, 3.63) is 29.1 Å². The minimum atomic E-state index is -0.271. The maximum Gasteiger partial charge on any atom is 0.130 e. The minimum absolute atomic E-state index is 0.271. The highest BCUT2D eigenvalue weighted by atomic mass is 19.1. The molecule has 0 saturated heterocycles. The molecule has 0 atom stereocenters. The molecule has 3 heteroatoms. The van der Waals surface area contributed by atoms with Gasteiger partial charge in [-0.2, -0.15) is 0 Å². The van der Waals surface area contributed by atoms with Crippen LogP contribution in [0.2, 0.25) is 0 Å².